The van der Waals surface area contributed by atoms with Gasteiger partial charge in [0.05, 0.1) is 0 Å². The first-order valence-corrected chi connectivity index (χ1v) is 11.8. The standard InChI is InChI=1S/C22H36N4S.HI/c1-2-23-22(24-13-6-7-14-25-15-8-9-16-25)26-17-12-20(18-26)19-27-21-10-4-3-5-11-21;/h3-5,10-11,20H,2,6-9,12-19H2,1H3,(H,23,24);1H. The summed E-state index contributed by atoms with van der Waals surface area (Å²) in [6.45, 7) is 10.2. The third-order valence-electron chi connectivity index (χ3n) is 5.49. The average Bonchev–Trinajstić information content (AvgIpc) is 3.38. The molecule has 1 aromatic rings. The smallest absolute Gasteiger partial charge is 0.193 e. The van der Waals surface area contributed by atoms with Gasteiger partial charge in [-0.05, 0) is 76.7 Å². The number of likely N-dealkylation sites (tertiary alicyclic amines) is 2. The lowest BCUT2D eigenvalue weighted by Crippen LogP contribution is -2.40. The zero-order valence-corrected chi connectivity index (χ0v) is 20.5. The lowest BCUT2D eigenvalue weighted by atomic mass is 10.2. The molecule has 0 aliphatic carbocycles. The number of nitrogens with one attached hydrogen (secondary N) is 1. The number of aliphatic imine (C=N–C) groups is 1. The Bertz CT molecular complexity index is 563. The van der Waals surface area contributed by atoms with E-state index in [2.05, 4.69) is 52.4 Å². The molecule has 1 atom stereocenters. The minimum atomic E-state index is 0. The fourth-order valence-electron chi connectivity index (χ4n) is 3.96. The minimum Gasteiger partial charge on any atom is -0.357 e. The van der Waals surface area contributed by atoms with Gasteiger partial charge in [-0.2, -0.15) is 0 Å². The summed E-state index contributed by atoms with van der Waals surface area (Å²) < 4.78 is 0. The highest BCUT2D eigenvalue weighted by Gasteiger charge is 2.24. The van der Waals surface area contributed by atoms with Crippen molar-refractivity contribution in [3.05, 3.63) is 30.3 Å². The Balaban J connectivity index is 0.00000280. The zero-order chi connectivity index (χ0) is 18.7. The number of rotatable bonds is 9. The van der Waals surface area contributed by atoms with E-state index in [0.29, 0.717) is 0 Å². The van der Waals surface area contributed by atoms with Gasteiger partial charge in [-0.25, -0.2) is 0 Å². The van der Waals surface area contributed by atoms with Gasteiger partial charge in [-0.1, -0.05) is 18.2 Å². The van der Waals surface area contributed by atoms with E-state index in [0.717, 1.165) is 38.1 Å². The first kappa shape index (κ1) is 23.8. The van der Waals surface area contributed by atoms with Gasteiger partial charge in [0, 0.05) is 36.8 Å². The molecule has 0 saturated carbocycles. The highest BCUT2D eigenvalue weighted by atomic mass is 127. The number of nitrogens with zero attached hydrogens (tertiary/aromatic N) is 3. The van der Waals surface area contributed by atoms with Crippen LogP contribution in [0, 0.1) is 5.92 Å². The summed E-state index contributed by atoms with van der Waals surface area (Å²) in [6.07, 6.45) is 6.54. The largest absolute Gasteiger partial charge is 0.357 e. The monoisotopic (exact) mass is 516 g/mol. The van der Waals surface area contributed by atoms with Crippen LogP contribution < -0.4 is 5.32 Å². The minimum absolute atomic E-state index is 0. The van der Waals surface area contributed by atoms with E-state index in [9.17, 15) is 0 Å². The van der Waals surface area contributed by atoms with E-state index in [1.165, 1.54) is 62.4 Å². The highest BCUT2D eigenvalue weighted by molar-refractivity contribution is 14.0. The van der Waals surface area contributed by atoms with E-state index in [-0.39, 0.29) is 24.0 Å². The molecule has 28 heavy (non-hydrogen) atoms. The van der Waals surface area contributed by atoms with Crippen LogP contribution in [0.4, 0.5) is 0 Å². The van der Waals surface area contributed by atoms with E-state index in [1.54, 1.807) is 0 Å². The van der Waals surface area contributed by atoms with Gasteiger partial charge in [0.1, 0.15) is 0 Å². The van der Waals surface area contributed by atoms with Crippen molar-refractivity contribution in [2.24, 2.45) is 10.9 Å². The van der Waals surface area contributed by atoms with Crippen LogP contribution in [0.3, 0.4) is 0 Å². The molecule has 6 heteroatoms. The van der Waals surface area contributed by atoms with E-state index < -0.39 is 0 Å². The Morgan fingerprint density at radius 1 is 1.14 bits per heavy atom. The highest BCUT2D eigenvalue weighted by Crippen LogP contribution is 2.25. The normalized spacial score (nSPS) is 20.4. The Hall–Kier alpha value is -0.470. The SMILES string of the molecule is CCNC(=NCCCCN1CCCC1)N1CCC(CSc2ccccc2)C1.I. The molecular formula is C22H37IN4S. The molecule has 2 saturated heterocycles. The van der Waals surface area contributed by atoms with Crippen molar-refractivity contribution < 1.29 is 0 Å². The van der Waals surface area contributed by atoms with Crippen molar-refractivity contribution in [1.29, 1.82) is 0 Å². The summed E-state index contributed by atoms with van der Waals surface area (Å²) in [4.78, 5) is 11.4. The lowest BCUT2D eigenvalue weighted by molar-refractivity contribution is 0.331. The summed E-state index contributed by atoms with van der Waals surface area (Å²) in [7, 11) is 0. The Morgan fingerprint density at radius 2 is 1.93 bits per heavy atom. The molecule has 1 aromatic carbocycles. The van der Waals surface area contributed by atoms with Gasteiger partial charge in [-0.3, -0.25) is 4.99 Å². The van der Waals surface area contributed by atoms with Gasteiger partial charge in [-0.15, -0.1) is 35.7 Å². The predicted molar refractivity (Wildman–Crippen MR) is 133 cm³/mol. The number of guanidine groups is 1. The molecular weight excluding hydrogens is 479 g/mol. The number of halogens is 1. The summed E-state index contributed by atoms with van der Waals surface area (Å²) in [5, 5.41) is 3.51. The number of unbranched alkanes of at least 4 members (excludes halogenated alkanes) is 1. The molecule has 2 fully saturated rings. The van der Waals surface area contributed by atoms with Crippen molar-refractivity contribution in [2.75, 3.05) is 51.6 Å². The number of thioether (sulfide) groups is 1. The molecule has 2 aliphatic rings. The molecule has 2 heterocycles. The molecule has 0 radical (unpaired) electrons. The predicted octanol–water partition coefficient (Wildman–Crippen LogP) is 4.56. The second-order valence-corrected chi connectivity index (χ2v) is 8.81. The number of hydrogen-bond acceptors (Lipinski definition) is 3. The molecule has 3 rings (SSSR count). The van der Waals surface area contributed by atoms with Crippen LogP contribution in [-0.4, -0.2) is 67.3 Å². The van der Waals surface area contributed by atoms with E-state index in [4.69, 9.17) is 4.99 Å². The zero-order valence-electron chi connectivity index (χ0n) is 17.3. The molecule has 0 aromatic heterocycles. The molecule has 0 spiro atoms. The van der Waals surface area contributed by atoms with Crippen molar-refractivity contribution >= 4 is 41.7 Å². The van der Waals surface area contributed by atoms with Gasteiger partial charge >= 0.3 is 0 Å². The fraction of sp³-hybridized carbons (Fsp3) is 0.682. The molecule has 158 valence electrons. The summed E-state index contributed by atoms with van der Waals surface area (Å²) in [5.41, 5.74) is 0. The van der Waals surface area contributed by atoms with Crippen LogP contribution in [0.2, 0.25) is 0 Å². The van der Waals surface area contributed by atoms with E-state index >= 15 is 0 Å². The first-order valence-electron chi connectivity index (χ1n) is 10.8. The third kappa shape index (κ3) is 8.11. The lowest BCUT2D eigenvalue weighted by Gasteiger charge is -2.22. The molecule has 1 unspecified atom stereocenters. The van der Waals surface area contributed by atoms with Gasteiger partial charge in [0.25, 0.3) is 0 Å². The second kappa shape index (κ2) is 13.7. The average molecular weight is 517 g/mol. The maximum Gasteiger partial charge on any atom is 0.193 e. The number of hydrogen-bond donors (Lipinski definition) is 1. The molecule has 1 N–H and O–H groups in total. The third-order valence-corrected chi connectivity index (χ3v) is 6.74. The van der Waals surface area contributed by atoms with Gasteiger partial charge in [0.2, 0.25) is 0 Å². The first-order chi connectivity index (χ1) is 13.3. The Morgan fingerprint density at radius 3 is 2.68 bits per heavy atom. The van der Waals surface area contributed by atoms with E-state index in [1.807, 2.05) is 11.8 Å². The van der Waals surface area contributed by atoms with Crippen LogP contribution in [-0.2, 0) is 0 Å². The maximum absolute atomic E-state index is 4.92. The van der Waals surface area contributed by atoms with Crippen LogP contribution in [0.5, 0.6) is 0 Å². The van der Waals surface area contributed by atoms with Crippen molar-refractivity contribution in [3.8, 4) is 0 Å². The topological polar surface area (TPSA) is 30.9 Å². The Kier molecular flexibility index (Phi) is 11.6. The fourth-order valence-corrected chi connectivity index (χ4v) is 5.01. The molecule has 4 nitrogen and oxygen atoms in total. The quantitative estimate of drug-likeness (QED) is 0.172. The summed E-state index contributed by atoms with van der Waals surface area (Å²) in [5.74, 6) is 3.09. The molecule has 0 amide bonds. The van der Waals surface area contributed by atoms with Gasteiger partial charge in [0.15, 0.2) is 5.96 Å². The van der Waals surface area contributed by atoms with Crippen molar-refractivity contribution in [1.82, 2.24) is 15.1 Å². The number of benzene rings is 1. The van der Waals surface area contributed by atoms with Crippen LogP contribution in [0.15, 0.2) is 40.2 Å². The van der Waals surface area contributed by atoms with Crippen LogP contribution in [0.25, 0.3) is 0 Å². The summed E-state index contributed by atoms with van der Waals surface area (Å²) in [6, 6.07) is 10.8. The molecule has 2 aliphatic heterocycles. The maximum atomic E-state index is 4.92. The van der Waals surface area contributed by atoms with Crippen LogP contribution >= 0.6 is 35.7 Å². The van der Waals surface area contributed by atoms with Crippen molar-refractivity contribution in [3.63, 3.8) is 0 Å². The summed E-state index contributed by atoms with van der Waals surface area (Å²) >= 11 is 1.99. The Labute approximate surface area is 192 Å². The van der Waals surface area contributed by atoms with Gasteiger partial charge < -0.3 is 15.1 Å². The second-order valence-electron chi connectivity index (χ2n) is 7.72. The van der Waals surface area contributed by atoms with Crippen LogP contribution in [0.1, 0.15) is 39.0 Å². The molecule has 0 bridgehead atoms. The van der Waals surface area contributed by atoms with Crippen molar-refractivity contribution in [2.45, 2.75) is 43.9 Å².